The standard InChI is InChI=1S/C10H14Cl2N4/c11-9-7(5-14-10(12)15-9)6-16-3-1-2-8(16)4-13/h5,8H,1-4,6,13H2/t8-/m1/s1. The Bertz CT molecular complexity index is 372. The predicted octanol–water partition coefficient (Wildman–Crippen LogP) is 1.71. The van der Waals surface area contributed by atoms with Gasteiger partial charge in [0.15, 0.2) is 0 Å². The molecule has 88 valence electrons. The van der Waals surface area contributed by atoms with Crippen LogP contribution in [0.1, 0.15) is 18.4 Å². The Hall–Kier alpha value is -0.420. The van der Waals surface area contributed by atoms with Gasteiger partial charge in [-0.15, -0.1) is 0 Å². The Labute approximate surface area is 105 Å². The fourth-order valence-corrected chi connectivity index (χ4v) is 2.43. The molecule has 0 radical (unpaired) electrons. The monoisotopic (exact) mass is 260 g/mol. The Balaban J connectivity index is 2.08. The number of nitrogens with two attached hydrogens (primary N) is 1. The van der Waals surface area contributed by atoms with E-state index in [2.05, 4.69) is 14.9 Å². The van der Waals surface area contributed by atoms with Gasteiger partial charge in [0, 0.05) is 30.9 Å². The Kier molecular flexibility index (Phi) is 3.97. The second-order valence-corrected chi connectivity index (χ2v) is 4.65. The molecule has 16 heavy (non-hydrogen) atoms. The first kappa shape index (κ1) is 12.0. The van der Waals surface area contributed by atoms with E-state index in [1.165, 1.54) is 6.42 Å². The SMILES string of the molecule is NC[C@H]1CCCN1Cc1cnc(Cl)nc1Cl. The van der Waals surface area contributed by atoms with E-state index in [0.717, 1.165) is 25.1 Å². The maximum absolute atomic E-state index is 6.01. The minimum atomic E-state index is 0.186. The van der Waals surface area contributed by atoms with Crippen LogP contribution in [0.4, 0.5) is 0 Å². The third kappa shape index (κ3) is 2.63. The van der Waals surface area contributed by atoms with E-state index in [1.807, 2.05) is 0 Å². The third-order valence-electron chi connectivity index (χ3n) is 2.93. The molecule has 2 heterocycles. The van der Waals surface area contributed by atoms with Crippen LogP contribution in [0.25, 0.3) is 0 Å². The molecule has 1 saturated heterocycles. The van der Waals surface area contributed by atoms with Gasteiger partial charge in [-0.3, -0.25) is 4.90 Å². The molecule has 4 nitrogen and oxygen atoms in total. The predicted molar refractivity (Wildman–Crippen MR) is 64.5 cm³/mol. The van der Waals surface area contributed by atoms with Crippen molar-refractivity contribution in [1.82, 2.24) is 14.9 Å². The zero-order valence-corrected chi connectivity index (χ0v) is 10.4. The van der Waals surface area contributed by atoms with Crippen LogP contribution in [0.15, 0.2) is 6.20 Å². The molecule has 1 aliphatic rings. The molecule has 0 saturated carbocycles. The van der Waals surface area contributed by atoms with Gasteiger partial charge in [0.2, 0.25) is 5.28 Å². The van der Waals surface area contributed by atoms with Crippen LogP contribution in [0, 0.1) is 0 Å². The molecule has 0 unspecified atom stereocenters. The van der Waals surface area contributed by atoms with Crippen LogP contribution < -0.4 is 5.73 Å². The molecule has 1 aromatic rings. The zero-order valence-electron chi connectivity index (χ0n) is 8.87. The van der Waals surface area contributed by atoms with Crippen LogP contribution in [0.2, 0.25) is 10.4 Å². The maximum Gasteiger partial charge on any atom is 0.223 e. The number of nitrogens with zero attached hydrogens (tertiary/aromatic N) is 3. The Morgan fingerprint density at radius 1 is 1.50 bits per heavy atom. The lowest BCUT2D eigenvalue weighted by Gasteiger charge is -2.23. The summed E-state index contributed by atoms with van der Waals surface area (Å²) < 4.78 is 0. The molecule has 0 amide bonds. The fourth-order valence-electron chi connectivity index (χ4n) is 2.06. The van der Waals surface area contributed by atoms with Gasteiger partial charge in [-0.05, 0) is 31.0 Å². The highest BCUT2D eigenvalue weighted by Gasteiger charge is 2.23. The van der Waals surface area contributed by atoms with Gasteiger partial charge in [-0.1, -0.05) is 11.6 Å². The average molecular weight is 261 g/mol. The zero-order chi connectivity index (χ0) is 11.5. The fraction of sp³-hybridized carbons (Fsp3) is 0.600. The number of likely N-dealkylation sites (tertiary alicyclic amines) is 1. The summed E-state index contributed by atoms with van der Waals surface area (Å²) in [5.74, 6) is 0. The van der Waals surface area contributed by atoms with E-state index in [9.17, 15) is 0 Å². The van der Waals surface area contributed by atoms with Crippen LogP contribution in [-0.2, 0) is 6.54 Å². The van der Waals surface area contributed by atoms with Gasteiger partial charge in [0.05, 0.1) is 0 Å². The topological polar surface area (TPSA) is 55.0 Å². The number of hydrogen-bond donors (Lipinski definition) is 1. The second-order valence-electron chi connectivity index (χ2n) is 3.96. The number of halogens is 2. The van der Waals surface area contributed by atoms with Crippen LogP contribution in [0.5, 0.6) is 0 Å². The summed E-state index contributed by atoms with van der Waals surface area (Å²) in [5.41, 5.74) is 6.62. The second kappa shape index (κ2) is 5.27. The molecule has 0 aromatic carbocycles. The van der Waals surface area contributed by atoms with Crippen molar-refractivity contribution in [3.05, 3.63) is 22.2 Å². The van der Waals surface area contributed by atoms with Crippen molar-refractivity contribution >= 4 is 23.2 Å². The minimum Gasteiger partial charge on any atom is -0.329 e. The van der Waals surface area contributed by atoms with E-state index in [1.54, 1.807) is 6.20 Å². The van der Waals surface area contributed by atoms with Crippen molar-refractivity contribution in [1.29, 1.82) is 0 Å². The lowest BCUT2D eigenvalue weighted by Crippen LogP contribution is -2.35. The van der Waals surface area contributed by atoms with Crippen molar-refractivity contribution < 1.29 is 0 Å². The highest BCUT2D eigenvalue weighted by Crippen LogP contribution is 2.22. The van der Waals surface area contributed by atoms with E-state index in [0.29, 0.717) is 17.7 Å². The molecule has 1 aliphatic heterocycles. The number of aromatic nitrogens is 2. The molecule has 1 fully saturated rings. The van der Waals surface area contributed by atoms with E-state index < -0.39 is 0 Å². The molecular formula is C10H14Cl2N4. The van der Waals surface area contributed by atoms with E-state index >= 15 is 0 Å². The maximum atomic E-state index is 6.01. The van der Waals surface area contributed by atoms with E-state index in [4.69, 9.17) is 28.9 Å². The third-order valence-corrected chi connectivity index (χ3v) is 3.44. The summed E-state index contributed by atoms with van der Waals surface area (Å²) in [6.45, 7) is 2.49. The average Bonchev–Trinajstić information content (AvgIpc) is 2.69. The number of hydrogen-bond acceptors (Lipinski definition) is 4. The normalized spacial score (nSPS) is 21.6. The Morgan fingerprint density at radius 3 is 3.00 bits per heavy atom. The molecule has 0 aliphatic carbocycles. The summed E-state index contributed by atoms with van der Waals surface area (Å²) in [6, 6.07) is 0.451. The molecule has 0 spiro atoms. The first-order chi connectivity index (χ1) is 7.70. The van der Waals surface area contributed by atoms with Crippen molar-refractivity contribution in [2.75, 3.05) is 13.1 Å². The van der Waals surface area contributed by atoms with Gasteiger partial charge in [0.25, 0.3) is 0 Å². The summed E-state index contributed by atoms with van der Waals surface area (Å²) in [5, 5.41) is 0.619. The first-order valence-electron chi connectivity index (χ1n) is 5.31. The van der Waals surface area contributed by atoms with Crippen molar-refractivity contribution in [3.63, 3.8) is 0 Å². The number of rotatable bonds is 3. The molecule has 0 bridgehead atoms. The summed E-state index contributed by atoms with van der Waals surface area (Å²) in [6.07, 6.45) is 4.03. The highest BCUT2D eigenvalue weighted by atomic mass is 35.5. The highest BCUT2D eigenvalue weighted by molar-refractivity contribution is 6.32. The molecule has 1 atom stereocenters. The van der Waals surface area contributed by atoms with Crippen molar-refractivity contribution in [3.8, 4) is 0 Å². The largest absolute Gasteiger partial charge is 0.329 e. The van der Waals surface area contributed by atoms with Gasteiger partial charge in [0.1, 0.15) is 5.15 Å². The van der Waals surface area contributed by atoms with Gasteiger partial charge in [-0.2, -0.15) is 0 Å². The van der Waals surface area contributed by atoms with Crippen LogP contribution >= 0.6 is 23.2 Å². The molecule has 2 rings (SSSR count). The van der Waals surface area contributed by atoms with Gasteiger partial charge < -0.3 is 5.73 Å². The Morgan fingerprint density at radius 2 is 2.31 bits per heavy atom. The van der Waals surface area contributed by atoms with Gasteiger partial charge >= 0.3 is 0 Å². The van der Waals surface area contributed by atoms with Crippen LogP contribution in [-0.4, -0.2) is 34.0 Å². The summed E-state index contributed by atoms with van der Waals surface area (Å²) in [4.78, 5) is 10.2. The van der Waals surface area contributed by atoms with Crippen LogP contribution in [0.3, 0.4) is 0 Å². The van der Waals surface area contributed by atoms with E-state index in [-0.39, 0.29) is 5.28 Å². The minimum absolute atomic E-state index is 0.186. The molecule has 6 heteroatoms. The molecule has 2 N–H and O–H groups in total. The molecule has 1 aromatic heterocycles. The summed E-state index contributed by atoms with van der Waals surface area (Å²) in [7, 11) is 0. The van der Waals surface area contributed by atoms with Gasteiger partial charge in [-0.25, -0.2) is 9.97 Å². The first-order valence-corrected chi connectivity index (χ1v) is 6.07. The quantitative estimate of drug-likeness (QED) is 0.664. The van der Waals surface area contributed by atoms with Crippen molar-refractivity contribution in [2.24, 2.45) is 5.73 Å². The smallest absolute Gasteiger partial charge is 0.223 e. The molecular weight excluding hydrogens is 247 g/mol. The van der Waals surface area contributed by atoms with Crippen molar-refractivity contribution in [2.45, 2.75) is 25.4 Å². The summed E-state index contributed by atoms with van der Waals surface area (Å²) >= 11 is 11.7. The lowest BCUT2D eigenvalue weighted by molar-refractivity contribution is 0.250. The lowest BCUT2D eigenvalue weighted by atomic mass is 10.2.